The number of amides is 1. The Kier molecular flexibility index (Phi) is 4.08. The molecule has 0 spiro atoms. The summed E-state index contributed by atoms with van der Waals surface area (Å²) in [4.78, 5) is 26.3. The molecule has 1 saturated heterocycles. The van der Waals surface area contributed by atoms with E-state index in [4.69, 9.17) is 0 Å². The number of pyridine rings is 1. The summed E-state index contributed by atoms with van der Waals surface area (Å²) >= 11 is 0. The third-order valence-corrected chi connectivity index (χ3v) is 4.00. The van der Waals surface area contributed by atoms with Crippen LogP contribution in [0.5, 0.6) is 0 Å². The van der Waals surface area contributed by atoms with Gasteiger partial charge in [-0.15, -0.1) is 0 Å². The number of aryl methyl sites for hydroxylation is 1. The van der Waals surface area contributed by atoms with Crippen LogP contribution in [0.4, 0.5) is 0 Å². The minimum Gasteiger partial charge on any atom is -0.336 e. The standard InChI is InChI=1S/C15H22N2O2/c1-11-6-5-9-16(15(11)19)10-14(18)17-12(2)7-4-8-13(17)3/h5-6,9,12-13H,4,7-8,10H2,1-3H3/t12-,13-/m0/s1. The van der Waals surface area contributed by atoms with Crippen LogP contribution >= 0.6 is 0 Å². The second-order valence-corrected chi connectivity index (χ2v) is 5.55. The second-order valence-electron chi connectivity index (χ2n) is 5.55. The van der Waals surface area contributed by atoms with Gasteiger partial charge in [0.15, 0.2) is 0 Å². The highest BCUT2D eigenvalue weighted by atomic mass is 16.2. The number of hydrogen-bond acceptors (Lipinski definition) is 2. The first-order chi connectivity index (χ1) is 9.00. The molecule has 4 heteroatoms. The van der Waals surface area contributed by atoms with Gasteiger partial charge in [-0.25, -0.2) is 0 Å². The lowest BCUT2D eigenvalue weighted by atomic mass is 9.97. The summed E-state index contributed by atoms with van der Waals surface area (Å²) in [7, 11) is 0. The van der Waals surface area contributed by atoms with Gasteiger partial charge in [0.1, 0.15) is 6.54 Å². The van der Waals surface area contributed by atoms with E-state index in [0.717, 1.165) is 12.8 Å². The third kappa shape index (κ3) is 2.88. The maximum Gasteiger partial charge on any atom is 0.253 e. The summed E-state index contributed by atoms with van der Waals surface area (Å²) in [6, 6.07) is 4.14. The van der Waals surface area contributed by atoms with Gasteiger partial charge in [-0.2, -0.15) is 0 Å². The van der Waals surface area contributed by atoms with E-state index >= 15 is 0 Å². The van der Waals surface area contributed by atoms with E-state index in [1.54, 1.807) is 19.2 Å². The lowest BCUT2D eigenvalue weighted by Crippen LogP contribution is -2.49. The Morgan fingerprint density at radius 3 is 2.58 bits per heavy atom. The highest BCUT2D eigenvalue weighted by Gasteiger charge is 2.28. The van der Waals surface area contributed by atoms with E-state index in [1.807, 2.05) is 11.0 Å². The molecule has 19 heavy (non-hydrogen) atoms. The predicted octanol–water partition coefficient (Wildman–Crippen LogP) is 1.95. The minimum absolute atomic E-state index is 0.0485. The molecule has 1 aromatic heterocycles. The lowest BCUT2D eigenvalue weighted by molar-refractivity contribution is -0.138. The van der Waals surface area contributed by atoms with E-state index in [9.17, 15) is 9.59 Å². The van der Waals surface area contributed by atoms with Crippen LogP contribution in [0.25, 0.3) is 0 Å². The summed E-state index contributed by atoms with van der Waals surface area (Å²) in [5.74, 6) is 0.0485. The van der Waals surface area contributed by atoms with Gasteiger partial charge in [-0.3, -0.25) is 9.59 Å². The molecule has 1 aliphatic rings. The first-order valence-electron chi connectivity index (χ1n) is 6.98. The van der Waals surface area contributed by atoms with Crippen molar-refractivity contribution in [3.63, 3.8) is 0 Å². The zero-order chi connectivity index (χ0) is 14.0. The van der Waals surface area contributed by atoms with E-state index in [1.165, 1.54) is 11.0 Å². The van der Waals surface area contributed by atoms with Gasteiger partial charge in [-0.05, 0) is 46.1 Å². The van der Waals surface area contributed by atoms with Crippen LogP contribution < -0.4 is 5.56 Å². The van der Waals surface area contributed by atoms with E-state index in [0.29, 0.717) is 5.56 Å². The van der Waals surface area contributed by atoms with Crippen LogP contribution in [0.1, 0.15) is 38.7 Å². The number of carbonyl (C=O) groups excluding carboxylic acids is 1. The van der Waals surface area contributed by atoms with Gasteiger partial charge in [0.25, 0.3) is 5.56 Å². The number of rotatable bonds is 2. The summed E-state index contributed by atoms with van der Waals surface area (Å²) < 4.78 is 1.51. The molecule has 2 atom stereocenters. The number of nitrogens with zero attached hydrogens (tertiary/aromatic N) is 2. The topological polar surface area (TPSA) is 42.3 Å². The van der Waals surface area contributed by atoms with Crippen molar-refractivity contribution in [2.75, 3.05) is 0 Å². The zero-order valence-electron chi connectivity index (χ0n) is 11.9. The van der Waals surface area contributed by atoms with Crippen molar-refractivity contribution in [2.45, 2.75) is 58.7 Å². The SMILES string of the molecule is Cc1cccn(CC(=O)N2[C@@H](C)CCC[C@@H]2C)c1=O. The fraction of sp³-hybridized carbons (Fsp3) is 0.600. The molecule has 4 nitrogen and oxygen atoms in total. The average Bonchev–Trinajstić information content (AvgIpc) is 2.35. The van der Waals surface area contributed by atoms with Crippen LogP contribution in [0.15, 0.2) is 23.1 Å². The molecule has 0 bridgehead atoms. The third-order valence-electron chi connectivity index (χ3n) is 4.00. The fourth-order valence-electron chi connectivity index (χ4n) is 2.92. The van der Waals surface area contributed by atoms with Gasteiger partial charge in [0, 0.05) is 23.8 Å². The summed E-state index contributed by atoms with van der Waals surface area (Å²) in [6.07, 6.45) is 4.97. The van der Waals surface area contributed by atoms with Gasteiger partial charge < -0.3 is 9.47 Å². The Hall–Kier alpha value is -1.58. The molecule has 1 aromatic rings. The molecule has 1 amide bonds. The van der Waals surface area contributed by atoms with E-state index in [2.05, 4.69) is 13.8 Å². The normalized spacial score (nSPS) is 23.4. The molecule has 0 radical (unpaired) electrons. The predicted molar refractivity (Wildman–Crippen MR) is 75.1 cm³/mol. The number of piperidine rings is 1. The Balaban J connectivity index is 2.16. The fourth-order valence-corrected chi connectivity index (χ4v) is 2.92. The molecule has 1 fully saturated rings. The Morgan fingerprint density at radius 2 is 1.95 bits per heavy atom. The van der Waals surface area contributed by atoms with E-state index in [-0.39, 0.29) is 30.1 Å². The van der Waals surface area contributed by atoms with Crippen molar-refractivity contribution in [3.05, 3.63) is 34.2 Å². The quantitative estimate of drug-likeness (QED) is 0.817. The minimum atomic E-state index is -0.0758. The van der Waals surface area contributed by atoms with Crippen molar-refractivity contribution in [2.24, 2.45) is 0 Å². The monoisotopic (exact) mass is 262 g/mol. The molecule has 0 aliphatic carbocycles. The number of hydrogen-bond donors (Lipinski definition) is 0. The van der Waals surface area contributed by atoms with Gasteiger partial charge >= 0.3 is 0 Å². The second kappa shape index (κ2) is 5.59. The van der Waals surface area contributed by atoms with Crippen LogP contribution in [0, 0.1) is 6.92 Å². The Labute approximate surface area is 114 Å². The van der Waals surface area contributed by atoms with Crippen molar-refractivity contribution in [1.29, 1.82) is 0 Å². The van der Waals surface area contributed by atoms with Gasteiger partial charge in [0.2, 0.25) is 5.91 Å². The lowest BCUT2D eigenvalue weighted by Gasteiger charge is -2.39. The molecule has 0 aromatic carbocycles. The smallest absolute Gasteiger partial charge is 0.253 e. The van der Waals surface area contributed by atoms with Crippen molar-refractivity contribution < 1.29 is 4.79 Å². The van der Waals surface area contributed by atoms with Crippen LogP contribution in [0.3, 0.4) is 0 Å². The maximum absolute atomic E-state index is 12.4. The first-order valence-corrected chi connectivity index (χ1v) is 6.98. The Bertz CT molecular complexity index is 511. The van der Waals surface area contributed by atoms with Crippen molar-refractivity contribution >= 4 is 5.91 Å². The summed E-state index contributed by atoms with van der Waals surface area (Å²) in [5, 5.41) is 0. The first kappa shape index (κ1) is 13.8. The van der Waals surface area contributed by atoms with Crippen LogP contribution in [-0.2, 0) is 11.3 Å². The molecule has 2 rings (SSSR count). The largest absolute Gasteiger partial charge is 0.336 e. The average molecular weight is 262 g/mol. The number of carbonyl (C=O) groups is 1. The van der Waals surface area contributed by atoms with Gasteiger partial charge in [0.05, 0.1) is 0 Å². The van der Waals surface area contributed by atoms with Crippen molar-refractivity contribution in [1.82, 2.24) is 9.47 Å². The maximum atomic E-state index is 12.4. The summed E-state index contributed by atoms with van der Waals surface area (Å²) in [6.45, 7) is 6.10. The summed E-state index contributed by atoms with van der Waals surface area (Å²) in [5.41, 5.74) is 0.600. The van der Waals surface area contributed by atoms with Gasteiger partial charge in [-0.1, -0.05) is 6.07 Å². The number of aromatic nitrogens is 1. The molecule has 1 aliphatic heterocycles. The molecule has 0 saturated carbocycles. The van der Waals surface area contributed by atoms with Crippen molar-refractivity contribution in [3.8, 4) is 0 Å². The molecular formula is C15H22N2O2. The molecule has 0 unspecified atom stereocenters. The molecular weight excluding hydrogens is 240 g/mol. The zero-order valence-corrected chi connectivity index (χ0v) is 11.9. The Morgan fingerprint density at radius 1 is 1.32 bits per heavy atom. The van der Waals surface area contributed by atoms with Crippen LogP contribution in [-0.4, -0.2) is 27.5 Å². The molecule has 2 heterocycles. The highest BCUT2D eigenvalue weighted by molar-refractivity contribution is 5.76. The van der Waals surface area contributed by atoms with Crippen LogP contribution in [0.2, 0.25) is 0 Å². The highest BCUT2D eigenvalue weighted by Crippen LogP contribution is 2.22. The number of likely N-dealkylation sites (tertiary alicyclic amines) is 1. The van der Waals surface area contributed by atoms with E-state index < -0.39 is 0 Å². The molecule has 104 valence electrons. The molecule has 0 N–H and O–H groups in total.